The van der Waals surface area contributed by atoms with Crippen molar-refractivity contribution in [3.8, 4) is 6.07 Å². The Bertz CT molecular complexity index is 482. The summed E-state index contributed by atoms with van der Waals surface area (Å²) in [5, 5.41) is 9.72. The standard InChI is InChI=1S/C20H29N/c1-15(2)18-7-5-17(6-8-18)13-20(14-21)11-9-19(10-12-20)16(3)4/h5-8,15-16,19H,9-13H2,1-4H3. The summed E-state index contributed by atoms with van der Waals surface area (Å²) in [6.07, 6.45) is 5.49. The van der Waals surface area contributed by atoms with Gasteiger partial charge in [-0.15, -0.1) is 0 Å². The summed E-state index contributed by atoms with van der Waals surface area (Å²) < 4.78 is 0. The van der Waals surface area contributed by atoms with E-state index in [4.69, 9.17) is 0 Å². The lowest BCUT2D eigenvalue weighted by Gasteiger charge is -2.36. The van der Waals surface area contributed by atoms with E-state index in [-0.39, 0.29) is 5.41 Å². The Hall–Kier alpha value is -1.29. The fourth-order valence-corrected chi connectivity index (χ4v) is 3.60. The molecule has 0 aromatic heterocycles. The van der Waals surface area contributed by atoms with Crippen LogP contribution in [0.1, 0.15) is 70.4 Å². The lowest BCUT2D eigenvalue weighted by atomic mass is 9.66. The largest absolute Gasteiger partial charge is 0.198 e. The molecule has 1 aliphatic rings. The topological polar surface area (TPSA) is 23.8 Å². The SMILES string of the molecule is CC(C)c1ccc(CC2(C#N)CCC(C(C)C)CC2)cc1. The van der Waals surface area contributed by atoms with Gasteiger partial charge in [0.15, 0.2) is 0 Å². The van der Waals surface area contributed by atoms with Crippen molar-refractivity contribution < 1.29 is 0 Å². The number of hydrogen-bond acceptors (Lipinski definition) is 1. The minimum atomic E-state index is -0.120. The molecule has 0 heterocycles. The molecule has 0 bridgehead atoms. The lowest BCUT2D eigenvalue weighted by molar-refractivity contribution is 0.175. The predicted molar refractivity (Wildman–Crippen MR) is 89.1 cm³/mol. The second-order valence-corrected chi connectivity index (χ2v) is 7.55. The zero-order valence-corrected chi connectivity index (χ0v) is 14.0. The summed E-state index contributed by atoms with van der Waals surface area (Å²) in [7, 11) is 0. The Balaban J connectivity index is 2.04. The van der Waals surface area contributed by atoms with Gasteiger partial charge in [-0.05, 0) is 61.0 Å². The molecule has 1 saturated carbocycles. The summed E-state index contributed by atoms with van der Waals surface area (Å²) in [6, 6.07) is 11.6. The highest BCUT2D eigenvalue weighted by Crippen LogP contribution is 2.43. The van der Waals surface area contributed by atoms with E-state index < -0.39 is 0 Å². The summed E-state index contributed by atoms with van der Waals surface area (Å²) in [4.78, 5) is 0. The molecule has 0 spiro atoms. The van der Waals surface area contributed by atoms with Crippen LogP contribution in [0, 0.1) is 28.6 Å². The molecule has 1 aromatic carbocycles. The number of hydrogen-bond donors (Lipinski definition) is 0. The van der Waals surface area contributed by atoms with E-state index in [9.17, 15) is 5.26 Å². The van der Waals surface area contributed by atoms with Gasteiger partial charge in [0.2, 0.25) is 0 Å². The molecular formula is C20H29N. The molecule has 0 atom stereocenters. The predicted octanol–water partition coefficient (Wildman–Crippen LogP) is 5.71. The van der Waals surface area contributed by atoms with Crippen molar-refractivity contribution in [2.75, 3.05) is 0 Å². The van der Waals surface area contributed by atoms with Gasteiger partial charge >= 0.3 is 0 Å². The molecule has 1 heteroatoms. The maximum atomic E-state index is 9.72. The smallest absolute Gasteiger partial charge is 0.0693 e. The van der Waals surface area contributed by atoms with E-state index in [2.05, 4.69) is 58.0 Å². The number of nitrogens with zero attached hydrogens (tertiary/aromatic N) is 1. The third-order valence-electron chi connectivity index (χ3n) is 5.36. The molecule has 114 valence electrons. The molecule has 0 saturated heterocycles. The Morgan fingerprint density at radius 1 is 1.10 bits per heavy atom. The second kappa shape index (κ2) is 6.65. The van der Waals surface area contributed by atoms with E-state index >= 15 is 0 Å². The summed E-state index contributed by atoms with van der Waals surface area (Å²) in [6.45, 7) is 9.07. The summed E-state index contributed by atoms with van der Waals surface area (Å²) in [5.74, 6) is 2.15. The minimum absolute atomic E-state index is 0.120. The highest BCUT2D eigenvalue weighted by atomic mass is 14.4. The summed E-state index contributed by atoms with van der Waals surface area (Å²) >= 11 is 0. The van der Waals surface area contributed by atoms with Crippen LogP contribution in [0.5, 0.6) is 0 Å². The van der Waals surface area contributed by atoms with Crippen LogP contribution >= 0.6 is 0 Å². The van der Waals surface area contributed by atoms with E-state index in [0.717, 1.165) is 31.1 Å². The van der Waals surface area contributed by atoms with Crippen molar-refractivity contribution >= 4 is 0 Å². The summed E-state index contributed by atoms with van der Waals surface area (Å²) in [5.41, 5.74) is 2.59. The number of benzene rings is 1. The van der Waals surface area contributed by atoms with Gasteiger partial charge in [-0.3, -0.25) is 0 Å². The van der Waals surface area contributed by atoms with Crippen LogP contribution in [-0.4, -0.2) is 0 Å². The van der Waals surface area contributed by atoms with Crippen molar-refractivity contribution in [1.82, 2.24) is 0 Å². The molecule has 1 aliphatic carbocycles. The third-order valence-corrected chi connectivity index (χ3v) is 5.36. The first-order valence-corrected chi connectivity index (χ1v) is 8.46. The van der Waals surface area contributed by atoms with Crippen molar-refractivity contribution in [1.29, 1.82) is 5.26 Å². The van der Waals surface area contributed by atoms with Crippen molar-refractivity contribution in [2.24, 2.45) is 17.3 Å². The van der Waals surface area contributed by atoms with Gasteiger partial charge < -0.3 is 0 Å². The highest BCUT2D eigenvalue weighted by molar-refractivity contribution is 5.26. The maximum Gasteiger partial charge on any atom is 0.0693 e. The second-order valence-electron chi connectivity index (χ2n) is 7.55. The van der Waals surface area contributed by atoms with Crippen LogP contribution < -0.4 is 0 Å². The van der Waals surface area contributed by atoms with Gasteiger partial charge in [-0.2, -0.15) is 5.26 Å². The zero-order valence-electron chi connectivity index (χ0n) is 14.0. The third kappa shape index (κ3) is 3.88. The fourth-order valence-electron chi connectivity index (χ4n) is 3.60. The molecule has 0 aliphatic heterocycles. The molecule has 1 aromatic rings. The Morgan fingerprint density at radius 2 is 1.67 bits per heavy atom. The Kier molecular flexibility index (Phi) is 5.09. The van der Waals surface area contributed by atoms with Gasteiger partial charge in [0, 0.05) is 0 Å². The number of nitriles is 1. The quantitative estimate of drug-likeness (QED) is 0.694. The van der Waals surface area contributed by atoms with E-state index in [1.54, 1.807) is 0 Å². The monoisotopic (exact) mass is 283 g/mol. The van der Waals surface area contributed by atoms with Gasteiger partial charge in [0.05, 0.1) is 11.5 Å². The zero-order chi connectivity index (χ0) is 15.5. The molecular weight excluding hydrogens is 254 g/mol. The van der Waals surface area contributed by atoms with E-state index in [1.807, 2.05) is 0 Å². The average molecular weight is 283 g/mol. The van der Waals surface area contributed by atoms with Crippen molar-refractivity contribution in [2.45, 2.75) is 65.7 Å². The highest BCUT2D eigenvalue weighted by Gasteiger charge is 2.36. The lowest BCUT2D eigenvalue weighted by Crippen LogP contribution is -2.30. The fraction of sp³-hybridized carbons (Fsp3) is 0.650. The molecule has 0 unspecified atom stereocenters. The molecule has 21 heavy (non-hydrogen) atoms. The van der Waals surface area contributed by atoms with Crippen molar-refractivity contribution in [3.63, 3.8) is 0 Å². The Morgan fingerprint density at radius 3 is 2.10 bits per heavy atom. The average Bonchev–Trinajstić information content (AvgIpc) is 2.48. The van der Waals surface area contributed by atoms with Crippen molar-refractivity contribution in [3.05, 3.63) is 35.4 Å². The van der Waals surface area contributed by atoms with Gasteiger partial charge in [-0.25, -0.2) is 0 Å². The van der Waals surface area contributed by atoms with Crippen LogP contribution in [0.3, 0.4) is 0 Å². The minimum Gasteiger partial charge on any atom is -0.198 e. The van der Waals surface area contributed by atoms with Crippen LogP contribution in [0.25, 0.3) is 0 Å². The molecule has 1 fully saturated rings. The van der Waals surface area contributed by atoms with Crippen LogP contribution in [0.4, 0.5) is 0 Å². The molecule has 0 N–H and O–H groups in total. The van der Waals surface area contributed by atoms with Crippen LogP contribution in [0.15, 0.2) is 24.3 Å². The van der Waals surface area contributed by atoms with E-state index in [0.29, 0.717) is 5.92 Å². The Labute approximate surface area is 130 Å². The van der Waals surface area contributed by atoms with E-state index in [1.165, 1.54) is 24.0 Å². The van der Waals surface area contributed by atoms with Gasteiger partial charge in [0.25, 0.3) is 0 Å². The van der Waals surface area contributed by atoms with Gasteiger partial charge in [0.1, 0.15) is 0 Å². The molecule has 2 rings (SSSR count). The molecule has 1 nitrogen and oxygen atoms in total. The number of rotatable bonds is 4. The van der Waals surface area contributed by atoms with Crippen LogP contribution in [0.2, 0.25) is 0 Å². The first-order chi connectivity index (χ1) is 9.96. The molecule has 0 radical (unpaired) electrons. The normalized spacial score (nSPS) is 26.0. The first kappa shape index (κ1) is 16.1. The van der Waals surface area contributed by atoms with Gasteiger partial charge in [-0.1, -0.05) is 52.0 Å². The maximum absolute atomic E-state index is 9.72. The van der Waals surface area contributed by atoms with Crippen LogP contribution in [-0.2, 0) is 6.42 Å². The first-order valence-electron chi connectivity index (χ1n) is 8.46. The molecule has 0 amide bonds.